The van der Waals surface area contributed by atoms with Crippen LogP contribution in [0.2, 0.25) is 0 Å². The van der Waals surface area contributed by atoms with Crippen LogP contribution in [0, 0.1) is 0 Å². The summed E-state index contributed by atoms with van der Waals surface area (Å²) in [6.07, 6.45) is 0. The molecule has 0 aromatic rings. The zero-order valence-electron chi connectivity index (χ0n) is 8.49. The Morgan fingerprint density at radius 2 is 1.58 bits per heavy atom. The van der Waals surface area contributed by atoms with E-state index in [-0.39, 0.29) is 12.1 Å². The third-order valence-electron chi connectivity index (χ3n) is 2.63. The van der Waals surface area contributed by atoms with Gasteiger partial charge in [0.25, 0.3) is 0 Å². The van der Waals surface area contributed by atoms with Crippen molar-refractivity contribution in [2.45, 2.75) is 45.8 Å². The molecule has 2 atom stereocenters. The van der Waals surface area contributed by atoms with E-state index in [1.807, 2.05) is 0 Å². The van der Waals surface area contributed by atoms with Gasteiger partial charge in [0.05, 0.1) is 0 Å². The van der Waals surface area contributed by atoms with Gasteiger partial charge in [-0.2, -0.15) is 5.06 Å². The molecule has 3 nitrogen and oxygen atoms in total. The summed E-state index contributed by atoms with van der Waals surface area (Å²) in [5.41, 5.74) is 0. The van der Waals surface area contributed by atoms with Crippen LogP contribution < -0.4 is 0 Å². The van der Waals surface area contributed by atoms with E-state index in [0.717, 1.165) is 13.1 Å². The normalized spacial score (nSPS) is 34.5. The van der Waals surface area contributed by atoms with Crippen LogP contribution in [-0.4, -0.2) is 46.4 Å². The molecular formula is C9H20N2O. The molecule has 3 heteroatoms. The van der Waals surface area contributed by atoms with Crippen LogP contribution in [0.5, 0.6) is 0 Å². The van der Waals surface area contributed by atoms with Crippen molar-refractivity contribution in [3.05, 3.63) is 0 Å². The second-order valence-electron chi connectivity index (χ2n) is 4.13. The summed E-state index contributed by atoms with van der Waals surface area (Å²) in [5, 5.41) is 11.0. The molecule has 1 rings (SSSR count). The van der Waals surface area contributed by atoms with Gasteiger partial charge in [-0.15, -0.1) is 0 Å². The average Bonchev–Trinajstić information content (AvgIpc) is 1.99. The van der Waals surface area contributed by atoms with Crippen molar-refractivity contribution in [2.75, 3.05) is 13.1 Å². The summed E-state index contributed by atoms with van der Waals surface area (Å²) in [6.45, 7) is 10.5. The lowest BCUT2D eigenvalue weighted by Gasteiger charge is -2.42. The lowest BCUT2D eigenvalue weighted by atomic mass is 10.1. The molecule has 0 spiro atoms. The molecule has 1 aliphatic heterocycles. The van der Waals surface area contributed by atoms with Crippen LogP contribution in [0.25, 0.3) is 0 Å². The Hall–Kier alpha value is -0.120. The van der Waals surface area contributed by atoms with Crippen molar-refractivity contribution in [1.29, 1.82) is 0 Å². The third-order valence-corrected chi connectivity index (χ3v) is 2.63. The second kappa shape index (κ2) is 3.73. The molecule has 0 aromatic heterocycles. The van der Waals surface area contributed by atoms with Crippen LogP contribution in [0.1, 0.15) is 27.7 Å². The first kappa shape index (κ1) is 9.96. The maximum Gasteiger partial charge on any atom is 0.0452 e. The van der Waals surface area contributed by atoms with Gasteiger partial charge in [0, 0.05) is 31.2 Å². The van der Waals surface area contributed by atoms with Crippen molar-refractivity contribution in [2.24, 2.45) is 0 Å². The predicted octanol–water partition coefficient (Wildman–Crippen LogP) is 1.18. The Bertz CT molecular complexity index is 137. The molecule has 0 unspecified atom stereocenters. The number of hydroxylamine groups is 2. The highest BCUT2D eigenvalue weighted by Crippen LogP contribution is 2.14. The van der Waals surface area contributed by atoms with Crippen molar-refractivity contribution < 1.29 is 5.21 Å². The maximum atomic E-state index is 9.55. The molecule has 1 N–H and O–H groups in total. The van der Waals surface area contributed by atoms with E-state index < -0.39 is 0 Å². The summed E-state index contributed by atoms with van der Waals surface area (Å²) in [6, 6.07) is 1.11. The van der Waals surface area contributed by atoms with Gasteiger partial charge in [0.2, 0.25) is 0 Å². The highest BCUT2D eigenvalue weighted by molar-refractivity contribution is 4.81. The van der Waals surface area contributed by atoms with E-state index in [1.165, 1.54) is 5.06 Å². The number of piperazine rings is 1. The molecule has 0 aromatic carbocycles. The van der Waals surface area contributed by atoms with Gasteiger partial charge in [-0.1, -0.05) is 0 Å². The first-order valence-electron chi connectivity index (χ1n) is 4.73. The Kier molecular flexibility index (Phi) is 3.09. The van der Waals surface area contributed by atoms with E-state index in [9.17, 15) is 5.21 Å². The first-order valence-corrected chi connectivity index (χ1v) is 4.73. The molecular weight excluding hydrogens is 152 g/mol. The fourth-order valence-electron chi connectivity index (χ4n) is 1.78. The molecule has 1 aliphatic rings. The number of hydrogen-bond donors (Lipinski definition) is 1. The van der Waals surface area contributed by atoms with Crippen LogP contribution in [0.4, 0.5) is 0 Å². The smallest absolute Gasteiger partial charge is 0.0452 e. The lowest BCUT2D eigenvalue weighted by molar-refractivity contribution is -0.183. The van der Waals surface area contributed by atoms with Crippen molar-refractivity contribution in [3.63, 3.8) is 0 Å². The average molecular weight is 172 g/mol. The number of rotatable bonds is 1. The monoisotopic (exact) mass is 172 g/mol. The van der Waals surface area contributed by atoms with E-state index >= 15 is 0 Å². The molecule has 0 aliphatic carbocycles. The number of hydrogen-bond acceptors (Lipinski definition) is 3. The van der Waals surface area contributed by atoms with Crippen LogP contribution >= 0.6 is 0 Å². The van der Waals surface area contributed by atoms with Gasteiger partial charge in [0.15, 0.2) is 0 Å². The summed E-state index contributed by atoms with van der Waals surface area (Å²) in [5.74, 6) is 0. The zero-order chi connectivity index (χ0) is 9.30. The topological polar surface area (TPSA) is 26.7 Å². The molecule has 1 heterocycles. The minimum Gasteiger partial charge on any atom is -0.313 e. The van der Waals surface area contributed by atoms with Gasteiger partial charge in [0.1, 0.15) is 0 Å². The molecule has 0 saturated carbocycles. The second-order valence-corrected chi connectivity index (χ2v) is 4.13. The fourth-order valence-corrected chi connectivity index (χ4v) is 1.78. The van der Waals surface area contributed by atoms with Gasteiger partial charge in [-0.25, -0.2) is 0 Å². The quantitative estimate of drug-likeness (QED) is 0.643. The van der Waals surface area contributed by atoms with Gasteiger partial charge >= 0.3 is 0 Å². The molecule has 0 amide bonds. The summed E-state index contributed by atoms with van der Waals surface area (Å²) in [4.78, 5) is 2.40. The number of nitrogens with zero attached hydrogens (tertiary/aromatic N) is 2. The van der Waals surface area contributed by atoms with Crippen molar-refractivity contribution in [3.8, 4) is 0 Å². The summed E-state index contributed by atoms with van der Waals surface area (Å²) >= 11 is 0. The molecule has 0 bridgehead atoms. The highest BCUT2D eigenvalue weighted by atomic mass is 16.5. The lowest BCUT2D eigenvalue weighted by Crippen LogP contribution is -2.56. The predicted molar refractivity (Wildman–Crippen MR) is 49.3 cm³/mol. The SMILES string of the molecule is CC(C)N1C[C@@H](C)N(O)[C@@H](C)C1. The Morgan fingerprint density at radius 3 is 1.92 bits per heavy atom. The van der Waals surface area contributed by atoms with Gasteiger partial charge in [-0.05, 0) is 27.7 Å². The maximum absolute atomic E-state index is 9.55. The Labute approximate surface area is 74.9 Å². The Balaban J connectivity index is 2.53. The third kappa shape index (κ3) is 1.97. The van der Waals surface area contributed by atoms with E-state index in [0.29, 0.717) is 6.04 Å². The molecule has 72 valence electrons. The summed E-state index contributed by atoms with van der Waals surface area (Å²) in [7, 11) is 0. The first-order chi connectivity index (χ1) is 5.52. The highest BCUT2D eigenvalue weighted by Gasteiger charge is 2.28. The molecule has 0 radical (unpaired) electrons. The van der Waals surface area contributed by atoms with Crippen molar-refractivity contribution in [1.82, 2.24) is 9.96 Å². The molecule has 1 saturated heterocycles. The zero-order valence-corrected chi connectivity index (χ0v) is 8.49. The van der Waals surface area contributed by atoms with Gasteiger partial charge < -0.3 is 5.21 Å². The van der Waals surface area contributed by atoms with E-state index in [2.05, 4.69) is 32.6 Å². The molecule has 1 fully saturated rings. The van der Waals surface area contributed by atoms with Crippen LogP contribution in [-0.2, 0) is 0 Å². The summed E-state index contributed by atoms with van der Waals surface area (Å²) < 4.78 is 0. The standard InChI is InChI=1S/C9H20N2O/c1-7(2)10-5-8(3)11(12)9(4)6-10/h7-9,12H,5-6H2,1-4H3/t8-,9+. The van der Waals surface area contributed by atoms with Crippen LogP contribution in [0.15, 0.2) is 0 Å². The van der Waals surface area contributed by atoms with E-state index in [1.54, 1.807) is 0 Å². The van der Waals surface area contributed by atoms with Crippen LogP contribution in [0.3, 0.4) is 0 Å². The van der Waals surface area contributed by atoms with Gasteiger partial charge in [-0.3, -0.25) is 4.90 Å². The minimum atomic E-state index is 0.260. The Morgan fingerprint density at radius 1 is 1.17 bits per heavy atom. The van der Waals surface area contributed by atoms with E-state index in [4.69, 9.17) is 0 Å². The minimum absolute atomic E-state index is 0.260. The fraction of sp³-hybridized carbons (Fsp3) is 1.00. The molecule has 12 heavy (non-hydrogen) atoms. The largest absolute Gasteiger partial charge is 0.313 e. The van der Waals surface area contributed by atoms with Crippen molar-refractivity contribution >= 4 is 0 Å².